The Hall–Kier alpha value is -1.27. The summed E-state index contributed by atoms with van der Waals surface area (Å²) >= 11 is 0. The molecular weight excluding hydrogens is 269 g/mol. The van der Waals surface area contributed by atoms with Gasteiger partial charge >= 0.3 is 6.18 Å². The van der Waals surface area contributed by atoms with Crippen LogP contribution in [0.2, 0.25) is 0 Å². The molecule has 6 heteroatoms. The Morgan fingerprint density at radius 1 is 1.10 bits per heavy atom. The molecule has 0 bridgehead atoms. The zero-order valence-electron chi connectivity index (χ0n) is 11.3. The van der Waals surface area contributed by atoms with Crippen molar-refractivity contribution in [3.8, 4) is 0 Å². The highest BCUT2D eigenvalue weighted by molar-refractivity contribution is 5.56. The second-order valence-electron chi connectivity index (χ2n) is 5.10. The molecule has 0 aromatic heterocycles. The van der Waals surface area contributed by atoms with Gasteiger partial charge in [0.25, 0.3) is 0 Å². The highest BCUT2D eigenvalue weighted by Gasteiger charge is 2.40. The van der Waals surface area contributed by atoms with Gasteiger partial charge in [-0.3, -0.25) is 0 Å². The topological polar surface area (TPSA) is 35.5 Å². The van der Waals surface area contributed by atoms with Gasteiger partial charge in [-0.05, 0) is 24.0 Å². The van der Waals surface area contributed by atoms with Crippen molar-refractivity contribution < 1.29 is 18.3 Å². The molecular formula is C14H19F3N2O. The number of para-hydroxylation sites is 1. The van der Waals surface area contributed by atoms with Crippen LogP contribution in [-0.2, 0) is 6.18 Å². The molecule has 0 aliphatic carbocycles. The molecule has 3 nitrogen and oxygen atoms in total. The maximum absolute atomic E-state index is 13.0. The number of alkyl halides is 3. The Bertz CT molecular complexity index is 438. The van der Waals surface area contributed by atoms with Crippen LogP contribution in [0.15, 0.2) is 24.3 Å². The first-order chi connectivity index (χ1) is 9.55. The lowest BCUT2D eigenvalue weighted by Crippen LogP contribution is -2.27. The second kappa shape index (κ2) is 6.01. The standard InChI is InChI=1S/C13H15F3N2.CH4O/c14-13(15,16)11-3-1-2-4-12(11)18-7-9-5-17-6-10(9)8-18;1-2/h1-4,9-10,17H,5-8H2;2H,1H3. The van der Waals surface area contributed by atoms with Gasteiger partial charge in [0, 0.05) is 39.0 Å². The number of rotatable bonds is 1. The second-order valence-corrected chi connectivity index (χ2v) is 5.10. The van der Waals surface area contributed by atoms with Gasteiger partial charge in [-0.2, -0.15) is 13.2 Å². The van der Waals surface area contributed by atoms with E-state index in [9.17, 15) is 13.2 Å². The van der Waals surface area contributed by atoms with E-state index in [-0.39, 0.29) is 0 Å². The number of aliphatic hydroxyl groups is 1. The molecule has 2 fully saturated rings. The number of fused-ring (bicyclic) bond motifs is 1. The molecule has 2 saturated heterocycles. The fraction of sp³-hybridized carbons (Fsp3) is 0.571. The summed E-state index contributed by atoms with van der Waals surface area (Å²) in [6, 6.07) is 5.88. The summed E-state index contributed by atoms with van der Waals surface area (Å²) < 4.78 is 38.9. The molecule has 20 heavy (non-hydrogen) atoms. The summed E-state index contributed by atoms with van der Waals surface area (Å²) in [5.41, 5.74) is -0.183. The van der Waals surface area contributed by atoms with Crippen LogP contribution in [0.4, 0.5) is 18.9 Å². The highest BCUT2D eigenvalue weighted by Crippen LogP contribution is 2.39. The molecule has 112 valence electrons. The minimum Gasteiger partial charge on any atom is -0.400 e. The first-order valence-corrected chi connectivity index (χ1v) is 6.62. The van der Waals surface area contributed by atoms with Crippen molar-refractivity contribution in [1.29, 1.82) is 0 Å². The zero-order valence-corrected chi connectivity index (χ0v) is 11.3. The molecule has 2 unspecified atom stereocenters. The summed E-state index contributed by atoms with van der Waals surface area (Å²) in [6.07, 6.45) is -4.27. The van der Waals surface area contributed by atoms with Crippen molar-refractivity contribution in [2.75, 3.05) is 38.2 Å². The van der Waals surface area contributed by atoms with Crippen molar-refractivity contribution in [3.05, 3.63) is 29.8 Å². The lowest BCUT2D eigenvalue weighted by Gasteiger charge is -2.23. The van der Waals surface area contributed by atoms with E-state index in [0.29, 0.717) is 17.5 Å². The molecule has 2 atom stereocenters. The van der Waals surface area contributed by atoms with Gasteiger partial charge in [0.15, 0.2) is 0 Å². The third-order valence-corrected chi connectivity index (χ3v) is 3.94. The normalized spacial score (nSPS) is 25.1. The van der Waals surface area contributed by atoms with Crippen LogP contribution in [0.1, 0.15) is 5.56 Å². The molecule has 3 rings (SSSR count). The number of aliphatic hydroxyl groups excluding tert-OH is 1. The first-order valence-electron chi connectivity index (χ1n) is 6.62. The van der Waals surface area contributed by atoms with Gasteiger partial charge in [-0.15, -0.1) is 0 Å². The maximum Gasteiger partial charge on any atom is 0.418 e. The average molecular weight is 288 g/mol. The Morgan fingerprint density at radius 2 is 1.65 bits per heavy atom. The van der Waals surface area contributed by atoms with Crippen LogP contribution in [0.5, 0.6) is 0 Å². The predicted octanol–water partition coefficient (Wildman–Crippen LogP) is 1.97. The largest absolute Gasteiger partial charge is 0.418 e. The Balaban J connectivity index is 0.000000704. The smallest absolute Gasteiger partial charge is 0.400 e. The molecule has 2 N–H and O–H groups in total. The number of hydrogen-bond acceptors (Lipinski definition) is 3. The summed E-state index contributed by atoms with van der Waals surface area (Å²) in [5, 5.41) is 10.3. The third kappa shape index (κ3) is 2.91. The molecule has 0 spiro atoms. The fourth-order valence-corrected chi connectivity index (χ4v) is 3.04. The van der Waals surface area contributed by atoms with E-state index in [1.807, 2.05) is 4.90 Å². The summed E-state index contributed by atoms with van der Waals surface area (Å²) in [4.78, 5) is 1.89. The van der Waals surface area contributed by atoms with Gasteiger partial charge in [0.05, 0.1) is 5.56 Å². The minimum atomic E-state index is -4.27. The van der Waals surface area contributed by atoms with Gasteiger partial charge in [-0.25, -0.2) is 0 Å². The fourth-order valence-electron chi connectivity index (χ4n) is 3.04. The summed E-state index contributed by atoms with van der Waals surface area (Å²) in [6.45, 7) is 3.31. The number of halogens is 3. The van der Waals surface area contributed by atoms with Crippen LogP contribution >= 0.6 is 0 Å². The van der Waals surface area contributed by atoms with Crippen LogP contribution in [0.3, 0.4) is 0 Å². The average Bonchev–Trinajstić information content (AvgIpc) is 3.01. The van der Waals surface area contributed by atoms with Crippen molar-refractivity contribution in [1.82, 2.24) is 5.32 Å². The number of anilines is 1. The van der Waals surface area contributed by atoms with E-state index in [1.165, 1.54) is 12.1 Å². The molecule has 1 aromatic carbocycles. The number of nitrogens with zero attached hydrogens (tertiary/aromatic N) is 1. The van der Waals surface area contributed by atoms with Crippen molar-refractivity contribution in [2.45, 2.75) is 6.18 Å². The number of hydrogen-bond donors (Lipinski definition) is 2. The quantitative estimate of drug-likeness (QED) is 0.829. The highest BCUT2D eigenvalue weighted by atomic mass is 19.4. The van der Waals surface area contributed by atoms with E-state index in [4.69, 9.17) is 5.11 Å². The van der Waals surface area contributed by atoms with Crippen molar-refractivity contribution in [2.24, 2.45) is 11.8 Å². The monoisotopic (exact) mass is 288 g/mol. The molecule has 2 aliphatic heterocycles. The van der Waals surface area contributed by atoms with Crippen LogP contribution in [0, 0.1) is 11.8 Å². The third-order valence-electron chi connectivity index (χ3n) is 3.94. The van der Waals surface area contributed by atoms with Crippen LogP contribution < -0.4 is 10.2 Å². The molecule has 0 saturated carbocycles. The van der Waals surface area contributed by atoms with E-state index in [2.05, 4.69) is 5.32 Å². The van der Waals surface area contributed by atoms with E-state index in [0.717, 1.165) is 33.3 Å². The van der Waals surface area contributed by atoms with E-state index < -0.39 is 11.7 Å². The van der Waals surface area contributed by atoms with Gasteiger partial charge in [0.1, 0.15) is 0 Å². The SMILES string of the molecule is CO.FC(F)(F)c1ccccc1N1CC2CNCC2C1. The first kappa shape index (κ1) is 15.1. The number of nitrogens with one attached hydrogen (secondary N) is 1. The van der Waals surface area contributed by atoms with Gasteiger partial charge < -0.3 is 15.3 Å². The lowest BCUT2D eigenvalue weighted by molar-refractivity contribution is -0.137. The van der Waals surface area contributed by atoms with Gasteiger partial charge in [0.2, 0.25) is 0 Å². The lowest BCUT2D eigenvalue weighted by atomic mass is 10.0. The summed E-state index contributed by atoms with van der Waals surface area (Å²) in [7, 11) is 1.00. The Kier molecular flexibility index (Phi) is 4.55. The van der Waals surface area contributed by atoms with Crippen molar-refractivity contribution >= 4 is 5.69 Å². The van der Waals surface area contributed by atoms with E-state index >= 15 is 0 Å². The van der Waals surface area contributed by atoms with Crippen molar-refractivity contribution in [3.63, 3.8) is 0 Å². The zero-order chi connectivity index (χ0) is 14.8. The molecule has 1 aromatic rings. The Morgan fingerprint density at radius 3 is 2.20 bits per heavy atom. The van der Waals surface area contributed by atoms with E-state index in [1.54, 1.807) is 12.1 Å². The predicted molar refractivity (Wildman–Crippen MR) is 71.6 cm³/mol. The Labute approximate surface area is 116 Å². The van der Waals surface area contributed by atoms with Gasteiger partial charge in [-0.1, -0.05) is 12.1 Å². The number of benzene rings is 1. The molecule has 0 radical (unpaired) electrons. The minimum absolute atomic E-state index is 0.333. The molecule has 0 amide bonds. The maximum atomic E-state index is 13.0. The summed E-state index contributed by atoms with van der Waals surface area (Å²) in [5.74, 6) is 0.984. The van der Waals surface area contributed by atoms with Crippen LogP contribution in [-0.4, -0.2) is 38.4 Å². The van der Waals surface area contributed by atoms with Crippen LogP contribution in [0.25, 0.3) is 0 Å². The molecule has 2 heterocycles. The molecule has 2 aliphatic rings.